The Morgan fingerprint density at radius 2 is 1.96 bits per heavy atom. The molecule has 1 aliphatic rings. The summed E-state index contributed by atoms with van der Waals surface area (Å²) in [4.78, 5) is 17.6. The molecular formula is C19H20N2OS. The van der Waals surface area contributed by atoms with Gasteiger partial charge in [0.1, 0.15) is 4.70 Å². The van der Waals surface area contributed by atoms with Crippen molar-refractivity contribution in [2.24, 2.45) is 5.92 Å². The lowest BCUT2D eigenvalue weighted by atomic mass is 9.86. The molecule has 0 saturated heterocycles. The van der Waals surface area contributed by atoms with E-state index in [0.717, 1.165) is 27.8 Å². The van der Waals surface area contributed by atoms with Crippen LogP contribution >= 0.6 is 11.3 Å². The fourth-order valence-corrected chi connectivity index (χ4v) is 4.65. The average Bonchev–Trinajstić information content (AvgIpc) is 3.02. The van der Waals surface area contributed by atoms with Crippen LogP contribution < -0.4 is 5.56 Å². The number of fused-ring (bicyclic) bond motifs is 1. The Hall–Kier alpha value is -1.94. The van der Waals surface area contributed by atoms with E-state index in [9.17, 15) is 4.79 Å². The lowest BCUT2D eigenvalue weighted by molar-refractivity contribution is 0.251. The second kappa shape index (κ2) is 5.93. The first kappa shape index (κ1) is 14.6. The molecule has 2 unspecified atom stereocenters. The largest absolute Gasteiger partial charge is 0.295 e. The minimum atomic E-state index is 0.126. The van der Waals surface area contributed by atoms with E-state index in [0.29, 0.717) is 12.0 Å². The third-order valence-corrected chi connectivity index (χ3v) is 5.97. The Balaban J connectivity index is 1.83. The molecule has 0 radical (unpaired) electrons. The first-order valence-corrected chi connectivity index (χ1v) is 9.17. The fraction of sp³-hybridized carbons (Fsp3) is 0.368. The minimum Gasteiger partial charge on any atom is -0.295 e. The molecule has 2 heterocycles. The van der Waals surface area contributed by atoms with Crippen molar-refractivity contribution in [3.63, 3.8) is 0 Å². The van der Waals surface area contributed by atoms with Crippen LogP contribution in [0.5, 0.6) is 0 Å². The quantitative estimate of drug-likeness (QED) is 0.673. The fourth-order valence-electron chi connectivity index (χ4n) is 3.69. The molecule has 1 aliphatic carbocycles. The van der Waals surface area contributed by atoms with E-state index in [1.54, 1.807) is 6.33 Å². The predicted octanol–water partition coefficient (Wildman–Crippen LogP) is 4.88. The number of nitrogens with zero attached hydrogens (tertiary/aromatic N) is 2. The van der Waals surface area contributed by atoms with Gasteiger partial charge in [-0.05, 0) is 24.3 Å². The van der Waals surface area contributed by atoms with Crippen LogP contribution in [-0.4, -0.2) is 9.55 Å². The van der Waals surface area contributed by atoms with Gasteiger partial charge in [-0.15, -0.1) is 11.3 Å². The van der Waals surface area contributed by atoms with Crippen LogP contribution in [0.4, 0.5) is 0 Å². The van der Waals surface area contributed by atoms with Gasteiger partial charge in [-0.2, -0.15) is 0 Å². The molecule has 2 atom stereocenters. The summed E-state index contributed by atoms with van der Waals surface area (Å²) in [6, 6.07) is 10.5. The van der Waals surface area contributed by atoms with Crippen molar-refractivity contribution in [3.05, 3.63) is 52.4 Å². The van der Waals surface area contributed by atoms with Gasteiger partial charge in [0.2, 0.25) is 0 Å². The summed E-state index contributed by atoms with van der Waals surface area (Å²) in [5.74, 6) is 0.550. The maximum atomic E-state index is 13.0. The lowest BCUT2D eigenvalue weighted by Crippen LogP contribution is -2.30. The summed E-state index contributed by atoms with van der Waals surface area (Å²) in [6.45, 7) is 2.25. The zero-order chi connectivity index (χ0) is 15.8. The van der Waals surface area contributed by atoms with E-state index in [-0.39, 0.29) is 5.56 Å². The van der Waals surface area contributed by atoms with E-state index in [4.69, 9.17) is 0 Å². The maximum Gasteiger partial charge on any atom is 0.271 e. The van der Waals surface area contributed by atoms with Crippen LogP contribution in [0.15, 0.2) is 46.8 Å². The molecule has 1 aromatic carbocycles. The molecule has 23 heavy (non-hydrogen) atoms. The second-order valence-electron chi connectivity index (χ2n) is 6.48. The highest BCUT2D eigenvalue weighted by Gasteiger charge is 2.25. The van der Waals surface area contributed by atoms with Crippen molar-refractivity contribution < 1.29 is 0 Å². The Morgan fingerprint density at radius 1 is 1.17 bits per heavy atom. The molecule has 0 spiro atoms. The number of hydrogen-bond acceptors (Lipinski definition) is 3. The van der Waals surface area contributed by atoms with Crippen LogP contribution in [0.2, 0.25) is 0 Å². The maximum absolute atomic E-state index is 13.0. The molecule has 4 rings (SSSR count). The van der Waals surface area contributed by atoms with Crippen molar-refractivity contribution >= 4 is 21.6 Å². The summed E-state index contributed by atoms with van der Waals surface area (Å²) < 4.78 is 2.67. The van der Waals surface area contributed by atoms with Crippen molar-refractivity contribution in [1.29, 1.82) is 0 Å². The monoisotopic (exact) mass is 324 g/mol. The molecule has 0 aliphatic heterocycles. The van der Waals surface area contributed by atoms with Gasteiger partial charge in [-0.1, -0.05) is 50.1 Å². The Labute approximate surface area is 139 Å². The van der Waals surface area contributed by atoms with Gasteiger partial charge in [0, 0.05) is 17.0 Å². The van der Waals surface area contributed by atoms with Crippen molar-refractivity contribution in [2.75, 3.05) is 0 Å². The normalized spacial score (nSPS) is 21.6. The van der Waals surface area contributed by atoms with E-state index < -0.39 is 0 Å². The molecular weight excluding hydrogens is 304 g/mol. The zero-order valence-electron chi connectivity index (χ0n) is 13.2. The topological polar surface area (TPSA) is 34.9 Å². The summed E-state index contributed by atoms with van der Waals surface area (Å²) in [6.07, 6.45) is 6.55. The number of aromatic nitrogens is 2. The van der Waals surface area contributed by atoms with E-state index in [1.165, 1.54) is 30.6 Å². The third-order valence-electron chi connectivity index (χ3n) is 5.01. The van der Waals surface area contributed by atoms with Gasteiger partial charge in [0.25, 0.3) is 5.56 Å². The average molecular weight is 324 g/mol. The second-order valence-corrected chi connectivity index (χ2v) is 7.36. The predicted molar refractivity (Wildman–Crippen MR) is 96.0 cm³/mol. The van der Waals surface area contributed by atoms with Crippen LogP contribution in [0, 0.1) is 5.92 Å². The molecule has 0 amide bonds. The highest BCUT2D eigenvalue weighted by atomic mass is 32.1. The SMILES string of the molecule is CC1CCCCC1n1cnc2c(-c3ccccc3)csc2c1=O. The smallest absolute Gasteiger partial charge is 0.271 e. The molecule has 1 saturated carbocycles. The molecule has 1 fully saturated rings. The Morgan fingerprint density at radius 3 is 2.74 bits per heavy atom. The van der Waals surface area contributed by atoms with Crippen molar-refractivity contribution in [3.8, 4) is 11.1 Å². The van der Waals surface area contributed by atoms with E-state index in [1.807, 2.05) is 22.8 Å². The lowest BCUT2D eigenvalue weighted by Gasteiger charge is -2.30. The number of hydrogen-bond donors (Lipinski definition) is 0. The summed E-state index contributed by atoms with van der Waals surface area (Å²) in [7, 11) is 0. The van der Waals surface area contributed by atoms with Gasteiger partial charge in [-0.3, -0.25) is 9.36 Å². The molecule has 0 bridgehead atoms. The van der Waals surface area contributed by atoms with Gasteiger partial charge in [0.15, 0.2) is 0 Å². The Kier molecular flexibility index (Phi) is 3.77. The number of rotatable bonds is 2. The van der Waals surface area contributed by atoms with Crippen LogP contribution in [0.25, 0.3) is 21.3 Å². The summed E-state index contributed by atoms with van der Waals surface area (Å²) >= 11 is 1.52. The number of thiophene rings is 1. The zero-order valence-corrected chi connectivity index (χ0v) is 14.1. The highest BCUT2D eigenvalue weighted by molar-refractivity contribution is 7.17. The van der Waals surface area contributed by atoms with E-state index in [2.05, 4.69) is 29.4 Å². The molecule has 118 valence electrons. The van der Waals surface area contributed by atoms with Crippen molar-refractivity contribution in [2.45, 2.75) is 38.6 Å². The summed E-state index contributed by atoms with van der Waals surface area (Å²) in [5, 5.41) is 2.06. The molecule has 3 nitrogen and oxygen atoms in total. The molecule has 0 N–H and O–H groups in total. The first-order valence-electron chi connectivity index (χ1n) is 8.29. The first-order chi connectivity index (χ1) is 11.3. The summed E-state index contributed by atoms with van der Waals surface area (Å²) in [5.41, 5.74) is 3.15. The standard InChI is InChI=1S/C19H20N2OS/c1-13-7-5-6-10-16(13)21-12-20-17-15(11-23-18(17)19(21)22)14-8-3-2-4-9-14/h2-4,8-9,11-13,16H,5-7,10H2,1H3. The highest BCUT2D eigenvalue weighted by Crippen LogP contribution is 2.34. The van der Waals surface area contributed by atoms with Crippen LogP contribution in [0.3, 0.4) is 0 Å². The molecule has 3 aromatic rings. The van der Waals surface area contributed by atoms with Crippen LogP contribution in [-0.2, 0) is 0 Å². The van der Waals surface area contributed by atoms with Gasteiger partial charge >= 0.3 is 0 Å². The van der Waals surface area contributed by atoms with Crippen LogP contribution in [0.1, 0.15) is 38.6 Å². The molecule has 4 heteroatoms. The minimum absolute atomic E-state index is 0.126. The Bertz CT molecular complexity index is 881. The van der Waals surface area contributed by atoms with Gasteiger partial charge in [-0.25, -0.2) is 4.98 Å². The third kappa shape index (κ3) is 2.51. The van der Waals surface area contributed by atoms with E-state index >= 15 is 0 Å². The van der Waals surface area contributed by atoms with Gasteiger partial charge < -0.3 is 0 Å². The molecule has 2 aromatic heterocycles. The number of benzene rings is 1. The van der Waals surface area contributed by atoms with Gasteiger partial charge in [0.05, 0.1) is 11.8 Å². The van der Waals surface area contributed by atoms with Crippen molar-refractivity contribution in [1.82, 2.24) is 9.55 Å².